The zero-order valence-corrected chi connectivity index (χ0v) is 18.3. The first-order valence-electron chi connectivity index (χ1n) is 11.7. The number of benzene rings is 2. The van der Waals surface area contributed by atoms with Crippen LogP contribution in [0.1, 0.15) is 23.4 Å². The quantitative estimate of drug-likeness (QED) is 0.682. The number of nitrogens with zero attached hydrogens (tertiary/aromatic N) is 2. The summed E-state index contributed by atoms with van der Waals surface area (Å²) in [5.41, 5.74) is 4.08. The average Bonchev–Trinajstić information content (AvgIpc) is 3.30. The molecule has 4 aliphatic heterocycles. The van der Waals surface area contributed by atoms with Gasteiger partial charge in [-0.25, -0.2) is 0 Å². The van der Waals surface area contributed by atoms with Crippen molar-refractivity contribution in [2.75, 3.05) is 50.8 Å². The summed E-state index contributed by atoms with van der Waals surface area (Å²) in [6.07, 6.45) is 2.35. The van der Waals surface area contributed by atoms with E-state index in [0.717, 1.165) is 68.0 Å². The van der Waals surface area contributed by atoms with E-state index in [0.29, 0.717) is 11.7 Å². The molecular weight excluding hydrogens is 402 g/mol. The molecule has 166 valence electrons. The normalized spacial score (nSPS) is 25.2. The van der Waals surface area contributed by atoms with Gasteiger partial charge in [0.05, 0.1) is 13.2 Å². The van der Waals surface area contributed by atoms with Crippen molar-refractivity contribution >= 4 is 22.6 Å². The van der Waals surface area contributed by atoms with Gasteiger partial charge in [0.15, 0.2) is 5.76 Å². The number of amides is 1. The molecule has 2 aromatic carbocycles. The molecule has 0 saturated carbocycles. The third-order valence-corrected chi connectivity index (χ3v) is 7.30. The zero-order chi connectivity index (χ0) is 21.5. The molecule has 4 aliphatic rings. The van der Waals surface area contributed by atoms with Crippen LogP contribution in [-0.4, -0.2) is 62.8 Å². The molecule has 0 radical (unpaired) electrons. The van der Waals surface area contributed by atoms with Crippen molar-refractivity contribution in [3.8, 4) is 11.1 Å². The van der Waals surface area contributed by atoms with E-state index in [1.807, 2.05) is 18.2 Å². The van der Waals surface area contributed by atoms with Crippen LogP contribution >= 0.6 is 0 Å². The third-order valence-electron chi connectivity index (χ3n) is 7.30. The third kappa shape index (κ3) is 3.67. The van der Waals surface area contributed by atoms with Crippen LogP contribution in [0, 0.1) is 5.92 Å². The highest BCUT2D eigenvalue weighted by molar-refractivity contribution is 6.00. The summed E-state index contributed by atoms with van der Waals surface area (Å²) in [5.74, 6) is 0.885. The van der Waals surface area contributed by atoms with Gasteiger partial charge >= 0.3 is 0 Å². The second kappa shape index (κ2) is 8.26. The van der Waals surface area contributed by atoms with Crippen LogP contribution < -0.4 is 10.2 Å². The number of morpholine rings is 1. The van der Waals surface area contributed by atoms with E-state index in [2.05, 4.69) is 45.4 Å². The number of piperidine rings is 3. The molecule has 0 unspecified atom stereocenters. The molecule has 1 N–H and O–H groups in total. The molecule has 4 saturated heterocycles. The van der Waals surface area contributed by atoms with Crippen LogP contribution in [0.2, 0.25) is 0 Å². The maximum atomic E-state index is 13.0. The van der Waals surface area contributed by atoms with E-state index in [1.54, 1.807) is 0 Å². The zero-order valence-electron chi connectivity index (χ0n) is 18.3. The fraction of sp³-hybridized carbons (Fsp3) is 0.423. The number of carbonyl (C=O) groups is 1. The van der Waals surface area contributed by atoms with E-state index < -0.39 is 0 Å². The van der Waals surface area contributed by atoms with Gasteiger partial charge in [-0.3, -0.25) is 4.79 Å². The first kappa shape index (κ1) is 19.8. The highest BCUT2D eigenvalue weighted by Crippen LogP contribution is 2.33. The van der Waals surface area contributed by atoms with E-state index in [9.17, 15) is 4.79 Å². The summed E-state index contributed by atoms with van der Waals surface area (Å²) < 4.78 is 11.6. The van der Waals surface area contributed by atoms with E-state index in [-0.39, 0.29) is 11.9 Å². The van der Waals surface area contributed by atoms with Crippen LogP contribution in [-0.2, 0) is 4.74 Å². The standard InChI is InChI=1S/C26H29N3O3/c30-26(27-23-17-28-10-8-19(23)9-11-28)24-16-20-2-1-3-22(25(20)32-24)18-4-6-21(7-5-18)29-12-14-31-15-13-29/h1-7,16,19,23H,8-15,17H2,(H,27,30)/t23-/m0/s1. The molecule has 0 aliphatic carbocycles. The number of rotatable bonds is 4. The highest BCUT2D eigenvalue weighted by atomic mass is 16.5. The number of hydrogen-bond acceptors (Lipinski definition) is 5. The summed E-state index contributed by atoms with van der Waals surface area (Å²) in [6.45, 7) is 6.67. The van der Waals surface area contributed by atoms with Crippen molar-refractivity contribution in [2.24, 2.45) is 5.92 Å². The Morgan fingerprint density at radius 1 is 0.969 bits per heavy atom. The molecule has 0 spiro atoms. The van der Waals surface area contributed by atoms with Gasteiger partial charge in [0, 0.05) is 42.3 Å². The summed E-state index contributed by atoms with van der Waals surface area (Å²) >= 11 is 0. The predicted octanol–water partition coefficient (Wildman–Crippen LogP) is 3.76. The van der Waals surface area contributed by atoms with Crippen molar-refractivity contribution in [3.05, 3.63) is 54.3 Å². The van der Waals surface area contributed by atoms with Gasteiger partial charge in [0.25, 0.3) is 5.91 Å². The summed E-state index contributed by atoms with van der Waals surface area (Å²) in [5, 5.41) is 4.20. The van der Waals surface area contributed by atoms with Crippen LogP contribution in [0.25, 0.3) is 22.1 Å². The van der Waals surface area contributed by atoms with Crippen LogP contribution in [0.3, 0.4) is 0 Å². The Morgan fingerprint density at radius 3 is 2.47 bits per heavy atom. The number of furan rings is 1. The molecular formula is C26H29N3O3. The highest BCUT2D eigenvalue weighted by Gasteiger charge is 2.35. The minimum atomic E-state index is -0.103. The first-order chi connectivity index (χ1) is 15.7. The minimum Gasteiger partial charge on any atom is -0.450 e. The maximum Gasteiger partial charge on any atom is 0.287 e. The largest absolute Gasteiger partial charge is 0.450 e. The molecule has 1 aromatic heterocycles. The Bertz CT molecular complexity index is 1110. The second-order valence-corrected chi connectivity index (χ2v) is 9.20. The molecule has 32 heavy (non-hydrogen) atoms. The molecule has 1 amide bonds. The topological polar surface area (TPSA) is 58.0 Å². The van der Waals surface area contributed by atoms with Gasteiger partial charge < -0.3 is 24.3 Å². The molecule has 6 heteroatoms. The van der Waals surface area contributed by atoms with Crippen molar-refractivity contribution in [1.29, 1.82) is 0 Å². The van der Waals surface area contributed by atoms with E-state index >= 15 is 0 Å². The lowest BCUT2D eigenvalue weighted by Gasteiger charge is -2.44. The van der Waals surface area contributed by atoms with Gasteiger partial charge in [-0.05, 0) is 55.6 Å². The molecule has 3 aromatic rings. The summed E-state index contributed by atoms with van der Waals surface area (Å²) in [4.78, 5) is 17.8. The Labute approximate surface area is 188 Å². The number of anilines is 1. The average molecular weight is 432 g/mol. The molecule has 6 nitrogen and oxygen atoms in total. The van der Waals surface area contributed by atoms with Crippen molar-refractivity contribution in [1.82, 2.24) is 10.2 Å². The Morgan fingerprint density at radius 2 is 1.75 bits per heavy atom. The van der Waals surface area contributed by atoms with E-state index in [4.69, 9.17) is 9.15 Å². The first-order valence-corrected chi connectivity index (χ1v) is 11.7. The van der Waals surface area contributed by atoms with Crippen LogP contribution in [0.15, 0.2) is 52.9 Å². The molecule has 1 atom stereocenters. The number of hydrogen-bond donors (Lipinski definition) is 1. The number of nitrogens with one attached hydrogen (secondary N) is 1. The van der Waals surface area contributed by atoms with Crippen molar-refractivity contribution in [2.45, 2.75) is 18.9 Å². The second-order valence-electron chi connectivity index (χ2n) is 9.20. The Balaban J connectivity index is 1.24. The van der Waals surface area contributed by atoms with E-state index in [1.165, 1.54) is 18.5 Å². The predicted molar refractivity (Wildman–Crippen MR) is 125 cm³/mol. The molecule has 4 fully saturated rings. The maximum absolute atomic E-state index is 13.0. The van der Waals surface area contributed by atoms with Gasteiger partial charge in [-0.15, -0.1) is 0 Å². The smallest absolute Gasteiger partial charge is 0.287 e. The molecule has 5 heterocycles. The lowest BCUT2D eigenvalue weighted by molar-refractivity contribution is 0.0607. The Kier molecular flexibility index (Phi) is 5.12. The van der Waals surface area contributed by atoms with Crippen LogP contribution in [0.4, 0.5) is 5.69 Å². The number of carbonyl (C=O) groups excluding carboxylic acids is 1. The summed E-state index contributed by atoms with van der Waals surface area (Å²) in [6, 6.07) is 16.8. The number of fused-ring (bicyclic) bond motifs is 4. The van der Waals surface area contributed by atoms with Gasteiger partial charge in [-0.1, -0.05) is 30.3 Å². The summed E-state index contributed by atoms with van der Waals surface area (Å²) in [7, 11) is 0. The fourth-order valence-electron chi connectivity index (χ4n) is 5.44. The number of ether oxygens (including phenoxy) is 1. The minimum absolute atomic E-state index is 0.103. The molecule has 2 bridgehead atoms. The van der Waals surface area contributed by atoms with Crippen LogP contribution in [0.5, 0.6) is 0 Å². The van der Waals surface area contributed by atoms with Crippen molar-refractivity contribution in [3.63, 3.8) is 0 Å². The van der Waals surface area contributed by atoms with Gasteiger partial charge in [-0.2, -0.15) is 0 Å². The molecule has 7 rings (SSSR count). The van der Waals surface area contributed by atoms with Gasteiger partial charge in [0.1, 0.15) is 5.58 Å². The van der Waals surface area contributed by atoms with Gasteiger partial charge in [0.2, 0.25) is 0 Å². The van der Waals surface area contributed by atoms with Crippen molar-refractivity contribution < 1.29 is 13.9 Å². The SMILES string of the molecule is O=C(N[C@H]1CN2CCC1CC2)c1cc2cccc(-c3ccc(N4CCOCC4)cc3)c2o1. The Hall–Kier alpha value is -2.83. The monoisotopic (exact) mass is 431 g/mol. The number of para-hydroxylation sites is 1. The lowest BCUT2D eigenvalue weighted by atomic mass is 9.84. The fourth-order valence-corrected chi connectivity index (χ4v) is 5.44. The lowest BCUT2D eigenvalue weighted by Crippen LogP contribution is -2.57.